The minimum Gasteiger partial charge on any atom is -0.503 e. The Morgan fingerprint density at radius 1 is 1.06 bits per heavy atom. The standard InChI is InChI=1S/C9H6F3NO4/c1-13-8(15)2-3(9(16)17)5(11)7(14)6(12)4(2)10/h14H,1H3,(H,13,15)(H,16,17). The first-order chi connectivity index (χ1) is 7.82. The molecule has 92 valence electrons. The summed E-state index contributed by atoms with van der Waals surface area (Å²) in [6, 6.07) is 0. The van der Waals surface area contributed by atoms with Gasteiger partial charge in [-0.15, -0.1) is 0 Å². The van der Waals surface area contributed by atoms with Gasteiger partial charge in [0.15, 0.2) is 17.4 Å². The second-order valence-electron chi connectivity index (χ2n) is 2.92. The molecule has 0 heterocycles. The number of carbonyl (C=O) groups excluding carboxylic acids is 1. The molecule has 0 unspecified atom stereocenters. The van der Waals surface area contributed by atoms with Gasteiger partial charge in [0.05, 0.1) is 5.56 Å². The zero-order valence-electron chi connectivity index (χ0n) is 8.34. The van der Waals surface area contributed by atoms with E-state index in [1.165, 1.54) is 0 Å². The normalized spacial score (nSPS) is 10.1. The Morgan fingerprint density at radius 2 is 1.59 bits per heavy atom. The van der Waals surface area contributed by atoms with Crippen molar-refractivity contribution in [1.82, 2.24) is 5.32 Å². The van der Waals surface area contributed by atoms with Gasteiger partial charge in [0.25, 0.3) is 5.91 Å². The number of halogens is 3. The van der Waals surface area contributed by atoms with E-state index >= 15 is 0 Å². The molecule has 0 fully saturated rings. The molecule has 0 aliphatic heterocycles. The molecule has 0 radical (unpaired) electrons. The van der Waals surface area contributed by atoms with E-state index in [2.05, 4.69) is 0 Å². The summed E-state index contributed by atoms with van der Waals surface area (Å²) in [6.07, 6.45) is 0. The molecular formula is C9H6F3NO4. The van der Waals surface area contributed by atoms with Crippen LogP contribution in [0.3, 0.4) is 0 Å². The number of carboxylic acid groups (broad SMARTS) is 1. The van der Waals surface area contributed by atoms with Crippen molar-refractivity contribution in [2.24, 2.45) is 0 Å². The van der Waals surface area contributed by atoms with Crippen molar-refractivity contribution in [2.75, 3.05) is 7.05 Å². The van der Waals surface area contributed by atoms with E-state index < -0.39 is 46.2 Å². The number of benzene rings is 1. The highest BCUT2D eigenvalue weighted by Crippen LogP contribution is 2.29. The molecule has 1 rings (SSSR count). The Balaban J connectivity index is 3.78. The minimum atomic E-state index is -2.02. The number of phenolic OH excluding ortho intramolecular Hbond substituents is 1. The molecule has 5 nitrogen and oxygen atoms in total. The predicted molar refractivity (Wildman–Crippen MR) is 48.3 cm³/mol. The van der Waals surface area contributed by atoms with Crippen LogP contribution in [0, 0.1) is 17.5 Å². The molecule has 3 N–H and O–H groups in total. The zero-order valence-corrected chi connectivity index (χ0v) is 8.34. The van der Waals surface area contributed by atoms with Crippen molar-refractivity contribution < 1.29 is 33.0 Å². The molecule has 1 aromatic rings. The number of amides is 1. The lowest BCUT2D eigenvalue weighted by atomic mass is 10.0. The number of carboxylic acids is 1. The summed E-state index contributed by atoms with van der Waals surface area (Å²) >= 11 is 0. The molecule has 0 aliphatic rings. The number of hydrogen-bond donors (Lipinski definition) is 3. The van der Waals surface area contributed by atoms with Crippen LogP contribution in [0.5, 0.6) is 5.75 Å². The Kier molecular flexibility index (Phi) is 3.26. The smallest absolute Gasteiger partial charge is 0.339 e. The fourth-order valence-electron chi connectivity index (χ4n) is 1.19. The van der Waals surface area contributed by atoms with Crippen LogP contribution in [0.1, 0.15) is 20.7 Å². The van der Waals surface area contributed by atoms with E-state index in [4.69, 9.17) is 10.2 Å². The summed E-state index contributed by atoms with van der Waals surface area (Å²) in [7, 11) is 1.02. The van der Waals surface area contributed by atoms with E-state index in [9.17, 15) is 22.8 Å². The van der Waals surface area contributed by atoms with E-state index in [-0.39, 0.29) is 0 Å². The lowest BCUT2D eigenvalue weighted by molar-refractivity contribution is 0.0683. The number of rotatable bonds is 2. The SMILES string of the molecule is CNC(=O)c1c(F)c(F)c(O)c(F)c1C(=O)O. The quantitative estimate of drug-likeness (QED) is 0.678. The molecule has 0 saturated heterocycles. The summed E-state index contributed by atoms with van der Waals surface area (Å²) < 4.78 is 39.5. The molecule has 0 aromatic heterocycles. The van der Waals surface area contributed by atoms with Gasteiger partial charge in [0.2, 0.25) is 5.82 Å². The summed E-state index contributed by atoms with van der Waals surface area (Å²) in [5.41, 5.74) is -2.74. The lowest BCUT2D eigenvalue weighted by Gasteiger charge is -2.09. The van der Waals surface area contributed by atoms with Gasteiger partial charge < -0.3 is 15.5 Å². The highest BCUT2D eigenvalue weighted by molar-refractivity contribution is 6.05. The van der Waals surface area contributed by atoms with Crippen LogP contribution in [0.15, 0.2) is 0 Å². The van der Waals surface area contributed by atoms with Gasteiger partial charge in [-0.25, -0.2) is 13.6 Å². The second-order valence-corrected chi connectivity index (χ2v) is 2.92. The van der Waals surface area contributed by atoms with Gasteiger partial charge in [-0.05, 0) is 0 Å². The third kappa shape index (κ3) is 1.88. The van der Waals surface area contributed by atoms with Crippen molar-refractivity contribution in [3.8, 4) is 5.75 Å². The maximum atomic E-state index is 13.3. The van der Waals surface area contributed by atoms with Crippen molar-refractivity contribution in [3.63, 3.8) is 0 Å². The molecule has 17 heavy (non-hydrogen) atoms. The summed E-state index contributed by atoms with van der Waals surface area (Å²) in [5, 5.41) is 19.3. The summed E-state index contributed by atoms with van der Waals surface area (Å²) in [4.78, 5) is 21.8. The van der Waals surface area contributed by atoms with Gasteiger partial charge in [0, 0.05) is 7.05 Å². The maximum Gasteiger partial charge on any atom is 0.339 e. The summed E-state index contributed by atoms with van der Waals surface area (Å²) in [6.45, 7) is 0. The first kappa shape index (κ1) is 12.8. The van der Waals surface area contributed by atoms with Crippen LogP contribution in [0.4, 0.5) is 13.2 Å². The van der Waals surface area contributed by atoms with Crippen molar-refractivity contribution in [1.29, 1.82) is 0 Å². The molecule has 1 amide bonds. The monoisotopic (exact) mass is 249 g/mol. The first-order valence-electron chi connectivity index (χ1n) is 4.17. The van der Waals surface area contributed by atoms with Gasteiger partial charge in [-0.1, -0.05) is 0 Å². The lowest BCUT2D eigenvalue weighted by Crippen LogP contribution is -2.24. The van der Waals surface area contributed by atoms with Crippen molar-refractivity contribution in [2.45, 2.75) is 0 Å². The van der Waals surface area contributed by atoms with E-state index in [0.717, 1.165) is 7.05 Å². The van der Waals surface area contributed by atoms with Crippen LogP contribution < -0.4 is 5.32 Å². The van der Waals surface area contributed by atoms with Gasteiger partial charge in [0.1, 0.15) is 5.56 Å². The Morgan fingerprint density at radius 3 is 2.00 bits per heavy atom. The van der Waals surface area contributed by atoms with Gasteiger partial charge in [-0.2, -0.15) is 4.39 Å². The average molecular weight is 249 g/mol. The van der Waals surface area contributed by atoms with E-state index in [1.54, 1.807) is 0 Å². The fraction of sp³-hybridized carbons (Fsp3) is 0.111. The number of hydrogen-bond acceptors (Lipinski definition) is 3. The zero-order chi connectivity index (χ0) is 13.3. The topological polar surface area (TPSA) is 86.6 Å². The van der Waals surface area contributed by atoms with E-state index in [0.29, 0.717) is 0 Å². The van der Waals surface area contributed by atoms with Crippen LogP contribution in [0.2, 0.25) is 0 Å². The number of aromatic hydroxyl groups is 1. The number of phenols is 1. The molecule has 1 aromatic carbocycles. The number of aromatic carboxylic acids is 1. The first-order valence-corrected chi connectivity index (χ1v) is 4.17. The average Bonchev–Trinajstić information content (AvgIpc) is 2.29. The predicted octanol–water partition coefficient (Wildman–Crippen LogP) is 0.867. The Hall–Kier alpha value is -2.25. The highest BCUT2D eigenvalue weighted by Gasteiger charge is 2.31. The highest BCUT2D eigenvalue weighted by atomic mass is 19.2. The third-order valence-corrected chi connectivity index (χ3v) is 1.97. The van der Waals surface area contributed by atoms with Crippen LogP contribution in [-0.2, 0) is 0 Å². The number of carbonyl (C=O) groups is 2. The van der Waals surface area contributed by atoms with E-state index in [1.807, 2.05) is 5.32 Å². The molecule has 0 spiro atoms. The molecule has 0 aliphatic carbocycles. The molecule has 0 saturated carbocycles. The number of nitrogens with one attached hydrogen (secondary N) is 1. The minimum absolute atomic E-state index is 1.02. The van der Waals surface area contributed by atoms with Crippen molar-refractivity contribution >= 4 is 11.9 Å². The molecule has 0 bridgehead atoms. The third-order valence-electron chi connectivity index (χ3n) is 1.97. The largest absolute Gasteiger partial charge is 0.503 e. The van der Waals surface area contributed by atoms with Crippen LogP contribution in [0.25, 0.3) is 0 Å². The second kappa shape index (κ2) is 4.32. The maximum absolute atomic E-state index is 13.3. The molecular weight excluding hydrogens is 243 g/mol. The van der Waals surface area contributed by atoms with Crippen LogP contribution in [-0.4, -0.2) is 29.1 Å². The fourth-order valence-corrected chi connectivity index (χ4v) is 1.19. The van der Waals surface area contributed by atoms with Crippen LogP contribution >= 0.6 is 0 Å². The molecule has 0 atom stereocenters. The molecule has 8 heteroatoms. The Labute approximate surface area is 92.5 Å². The summed E-state index contributed by atoms with van der Waals surface area (Å²) in [5.74, 6) is -11.0. The Bertz CT molecular complexity index is 516. The van der Waals surface area contributed by atoms with Crippen molar-refractivity contribution in [3.05, 3.63) is 28.6 Å². The van der Waals surface area contributed by atoms with Gasteiger partial charge >= 0.3 is 5.97 Å². The van der Waals surface area contributed by atoms with Gasteiger partial charge in [-0.3, -0.25) is 4.79 Å².